The summed E-state index contributed by atoms with van der Waals surface area (Å²) in [5.74, 6) is 0.103. The molecule has 128 valence electrons. The molecule has 1 saturated carbocycles. The monoisotopic (exact) mass is 342 g/mol. The molecule has 2 N–H and O–H groups in total. The van der Waals surface area contributed by atoms with Crippen LogP contribution in [-0.2, 0) is 19.3 Å². The summed E-state index contributed by atoms with van der Waals surface area (Å²) in [6, 6.07) is 6.08. The second-order valence-electron chi connectivity index (χ2n) is 7.71. The second-order valence-corrected chi connectivity index (χ2v) is 7.71. The van der Waals surface area contributed by atoms with Gasteiger partial charge in [0.05, 0.1) is 17.0 Å². The molecule has 1 spiro atoms. The molecule has 1 fully saturated rings. The Balaban J connectivity index is 1.52. The molecule has 0 aromatic carbocycles. The van der Waals surface area contributed by atoms with Crippen molar-refractivity contribution in [2.45, 2.75) is 37.6 Å². The Morgan fingerprint density at radius 3 is 2.88 bits per heavy atom. The number of aryl methyl sites for hydroxylation is 1. The van der Waals surface area contributed by atoms with Crippen molar-refractivity contribution in [3.63, 3.8) is 0 Å². The average Bonchev–Trinajstić information content (AvgIpc) is 3.28. The number of nitrogens with zero attached hydrogens (tertiary/aromatic N) is 2. The second kappa shape index (κ2) is 4.81. The summed E-state index contributed by atoms with van der Waals surface area (Å²) >= 11 is 0. The minimum atomic E-state index is 0.0273. The highest BCUT2D eigenvalue weighted by atomic mass is 16.2. The quantitative estimate of drug-likeness (QED) is 0.714. The first-order valence-electron chi connectivity index (χ1n) is 9.18. The lowest BCUT2D eigenvalue weighted by Gasteiger charge is -2.24. The summed E-state index contributed by atoms with van der Waals surface area (Å²) in [7, 11) is 0. The van der Waals surface area contributed by atoms with Crippen molar-refractivity contribution in [3.8, 4) is 22.5 Å². The number of amides is 1. The zero-order valence-electron chi connectivity index (χ0n) is 14.3. The predicted molar refractivity (Wildman–Crippen MR) is 97.8 cm³/mol. The van der Waals surface area contributed by atoms with Crippen molar-refractivity contribution < 1.29 is 4.79 Å². The minimum Gasteiger partial charge on any atom is -0.357 e. The normalized spacial score (nSPS) is 18.7. The van der Waals surface area contributed by atoms with Crippen LogP contribution in [0.1, 0.15) is 40.0 Å². The maximum Gasteiger partial charge on any atom is 0.253 e. The molecule has 1 amide bonds. The first kappa shape index (κ1) is 14.2. The van der Waals surface area contributed by atoms with E-state index < -0.39 is 0 Å². The lowest BCUT2D eigenvalue weighted by molar-refractivity contribution is 0.0917. The molecule has 26 heavy (non-hydrogen) atoms. The molecule has 0 saturated heterocycles. The van der Waals surface area contributed by atoms with E-state index in [1.165, 1.54) is 16.7 Å². The first-order valence-corrected chi connectivity index (χ1v) is 9.18. The molecule has 0 atom stereocenters. The van der Waals surface area contributed by atoms with Crippen LogP contribution in [-0.4, -0.2) is 26.4 Å². The van der Waals surface area contributed by atoms with Crippen LogP contribution < -0.4 is 5.32 Å². The van der Waals surface area contributed by atoms with Gasteiger partial charge < -0.3 is 10.3 Å². The van der Waals surface area contributed by atoms with Crippen LogP contribution in [0, 0.1) is 0 Å². The lowest BCUT2D eigenvalue weighted by atomic mass is 9.87. The van der Waals surface area contributed by atoms with Gasteiger partial charge in [0.15, 0.2) is 0 Å². The lowest BCUT2D eigenvalue weighted by Crippen LogP contribution is -2.43. The fourth-order valence-corrected chi connectivity index (χ4v) is 4.47. The smallest absolute Gasteiger partial charge is 0.253 e. The van der Waals surface area contributed by atoms with Crippen LogP contribution in [0.2, 0.25) is 0 Å². The van der Waals surface area contributed by atoms with E-state index in [0.717, 1.165) is 60.3 Å². The summed E-state index contributed by atoms with van der Waals surface area (Å²) < 4.78 is 0. The van der Waals surface area contributed by atoms with E-state index in [4.69, 9.17) is 0 Å². The van der Waals surface area contributed by atoms with E-state index in [9.17, 15) is 4.79 Å². The largest absolute Gasteiger partial charge is 0.357 e. The first-order chi connectivity index (χ1) is 12.7. The molecule has 5 nitrogen and oxygen atoms in total. The number of carbonyl (C=O) groups is 1. The van der Waals surface area contributed by atoms with Gasteiger partial charge in [0.2, 0.25) is 0 Å². The van der Waals surface area contributed by atoms with Crippen molar-refractivity contribution in [1.29, 1.82) is 0 Å². The molecule has 2 aliphatic carbocycles. The van der Waals surface area contributed by atoms with E-state index in [2.05, 4.69) is 26.3 Å². The third kappa shape index (κ3) is 1.94. The summed E-state index contributed by atoms with van der Waals surface area (Å²) in [5.41, 5.74) is 8.65. The molecule has 6 rings (SSSR count). The molecule has 0 bridgehead atoms. The number of aromatic amines is 1. The molecular formula is C21H18N4O. The van der Waals surface area contributed by atoms with Gasteiger partial charge in [0, 0.05) is 47.4 Å². The third-order valence-electron chi connectivity index (χ3n) is 6.01. The van der Waals surface area contributed by atoms with Crippen molar-refractivity contribution in [3.05, 3.63) is 59.2 Å². The Labute approximate surface area is 150 Å². The van der Waals surface area contributed by atoms with Crippen LogP contribution in [0.5, 0.6) is 0 Å². The predicted octanol–water partition coefficient (Wildman–Crippen LogP) is 3.06. The van der Waals surface area contributed by atoms with Crippen molar-refractivity contribution in [1.82, 2.24) is 20.3 Å². The van der Waals surface area contributed by atoms with E-state index in [1.54, 1.807) is 6.20 Å². The molecule has 4 heterocycles. The molecule has 5 heteroatoms. The Morgan fingerprint density at radius 2 is 2.08 bits per heavy atom. The molecule has 3 aromatic heterocycles. The van der Waals surface area contributed by atoms with E-state index >= 15 is 0 Å². The molecule has 0 radical (unpaired) electrons. The zero-order valence-corrected chi connectivity index (χ0v) is 14.3. The summed E-state index contributed by atoms with van der Waals surface area (Å²) in [6.45, 7) is 0. The van der Waals surface area contributed by atoms with E-state index in [-0.39, 0.29) is 11.4 Å². The third-order valence-corrected chi connectivity index (χ3v) is 6.01. The number of rotatable bonds is 1. The van der Waals surface area contributed by atoms with Gasteiger partial charge in [-0.15, -0.1) is 0 Å². The minimum absolute atomic E-state index is 0.0273. The number of nitrogens with one attached hydrogen (secondary N) is 2. The van der Waals surface area contributed by atoms with Crippen LogP contribution in [0.3, 0.4) is 0 Å². The van der Waals surface area contributed by atoms with E-state index in [0.29, 0.717) is 0 Å². The summed E-state index contributed by atoms with van der Waals surface area (Å²) in [4.78, 5) is 25.2. The van der Waals surface area contributed by atoms with Gasteiger partial charge in [0.25, 0.3) is 5.91 Å². The number of carbonyl (C=O) groups excluding carboxylic acids is 1. The number of pyridine rings is 2. The average molecular weight is 342 g/mol. The SMILES string of the molecule is O=C1NC2(CC2)Cc2[nH]c3c(c21)CCc1cnc(-c2cccnc2)cc1-3. The highest BCUT2D eigenvalue weighted by molar-refractivity contribution is 6.01. The highest BCUT2D eigenvalue weighted by Crippen LogP contribution is 2.45. The van der Waals surface area contributed by atoms with Crippen LogP contribution in [0.15, 0.2) is 36.8 Å². The maximum atomic E-state index is 12.7. The zero-order chi connectivity index (χ0) is 17.3. The topological polar surface area (TPSA) is 70.7 Å². The molecule has 0 unspecified atom stereocenters. The number of hydrogen-bond donors (Lipinski definition) is 2. The van der Waals surface area contributed by atoms with Crippen LogP contribution >= 0.6 is 0 Å². The Morgan fingerprint density at radius 1 is 1.15 bits per heavy atom. The fraction of sp³-hybridized carbons (Fsp3) is 0.286. The molecular weight excluding hydrogens is 324 g/mol. The molecule has 3 aromatic rings. The Kier molecular flexibility index (Phi) is 2.64. The van der Waals surface area contributed by atoms with Gasteiger partial charge in [-0.1, -0.05) is 0 Å². The Hall–Kier alpha value is -2.95. The van der Waals surface area contributed by atoms with Gasteiger partial charge in [-0.05, 0) is 55.0 Å². The Bertz CT molecular complexity index is 1060. The number of H-pyrrole nitrogens is 1. The summed E-state index contributed by atoms with van der Waals surface area (Å²) in [6.07, 6.45) is 10.5. The number of hydrogen-bond acceptors (Lipinski definition) is 3. The van der Waals surface area contributed by atoms with Crippen molar-refractivity contribution in [2.24, 2.45) is 0 Å². The number of aromatic nitrogens is 3. The van der Waals surface area contributed by atoms with E-state index in [1.807, 2.05) is 24.5 Å². The van der Waals surface area contributed by atoms with Gasteiger partial charge in [0.1, 0.15) is 0 Å². The molecule has 3 aliphatic rings. The van der Waals surface area contributed by atoms with Gasteiger partial charge >= 0.3 is 0 Å². The van der Waals surface area contributed by atoms with Crippen LogP contribution in [0.25, 0.3) is 22.5 Å². The van der Waals surface area contributed by atoms with Crippen LogP contribution in [0.4, 0.5) is 0 Å². The fourth-order valence-electron chi connectivity index (χ4n) is 4.47. The maximum absolute atomic E-state index is 12.7. The van der Waals surface area contributed by atoms with Gasteiger partial charge in [-0.25, -0.2) is 0 Å². The van der Waals surface area contributed by atoms with Gasteiger partial charge in [-0.3, -0.25) is 14.8 Å². The summed E-state index contributed by atoms with van der Waals surface area (Å²) in [5, 5.41) is 3.24. The van der Waals surface area contributed by atoms with Gasteiger partial charge in [-0.2, -0.15) is 0 Å². The number of fused-ring (bicyclic) bond motifs is 5. The highest BCUT2D eigenvalue weighted by Gasteiger charge is 2.49. The van der Waals surface area contributed by atoms with Crippen molar-refractivity contribution >= 4 is 5.91 Å². The van der Waals surface area contributed by atoms with Crippen molar-refractivity contribution in [2.75, 3.05) is 0 Å². The standard InChI is InChI=1S/C21H18N4O/c26-20-18-14-4-3-12-11-23-16(13-2-1-7-22-10-13)8-15(12)19(14)24-17(18)9-21(25-20)5-6-21/h1-2,7-8,10-11,24H,3-6,9H2,(H,25,26). The molecule has 1 aliphatic heterocycles.